The highest BCUT2D eigenvalue weighted by Gasteiger charge is 2.30. The molecular weight excluding hydrogens is 332 g/mol. The maximum absolute atomic E-state index is 11.1. The predicted octanol–water partition coefficient (Wildman–Crippen LogP) is 3.81. The molecule has 0 saturated heterocycles. The zero-order valence-corrected chi connectivity index (χ0v) is 14.7. The summed E-state index contributed by atoms with van der Waals surface area (Å²) in [6.45, 7) is 4.37. The summed E-state index contributed by atoms with van der Waals surface area (Å²) in [7, 11) is 0. The number of aldehydes is 1. The molecule has 0 aliphatic carbocycles. The van der Waals surface area contributed by atoms with Crippen molar-refractivity contribution in [1.29, 1.82) is 0 Å². The number of carbonyl (C=O) groups is 1. The summed E-state index contributed by atoms with van der Waals surface area (Å²) in [6.07, 6.45) is 5.28. The number of hydrogen-bond acceptors (Lipinski definition) is 5. The maximum atomic E-state index is 11.1. The van der Waals surface area contributed by atoms with Gasteiger partial charge in [0.15, 0.2) is 6.29 Å². The second-order valence-corrected chi connectivity index (χ2v) is 7.30. The molecule has 5 heteroatoms. The lowest BCUT2D eigenvalue weighted by Crippen LogP contribution is -2.28. The summed E-state index contributed by atoms with van der Waals surface area (Å²) in [5, 5.41) is 19.9. The van der Waals surface area contributed by atoms with Gasteiger partial charge in [-0.25, -0.2) is 0 Å². The van der Waals surface area contributed by atoms with Gasteiger partial charge < -0.3 is 19.7 Å². The molecule has 2 N–H and O–H groups in total. The van der Waals surface area contributed by atoms with Crippen LogP contribution in [0.4, 0.5) is 0 Å². The predicted molar refractivity (Wildman–Crippen MR) is 97.3 cm³/mol. The molecule has 0 spiro atoms. The molecule has 26 heavy (non-hydrogen) atoms. The van der Waals surface area contributed by atoms with Gasteiger partial charge in [0.2, 0.25) is 0 Å². The van der Waals surface area contributed by atoms with Gasteiger partial charge in [-0.05, 0) is 50.1 Å². The fraction of sp³-hybridized carbons (Fsp3) is 0.286. The van der Waals surface area contributed by atoms with Gasteiger partial charge in [-0.1, -0.05) is 6.07 Å². The van der Waals surface area contributed by atoms with Crippen LogP contribution in [-0.4, -0.2) is 28.7 Å². The zero-order chi connectivity index (χ0) is 18.5. The van der Waals surface area contributed by atoms with E-state index < -0.39 is 0 Å². The van der Waals surface area contributed by atoms with Gasteiger partial charge in [0.1, 0.15) is 28.6 Å². The first-order chi connectivity index (χ1) is 12.4. The highest BCUT2D eigenvalue weighted by atomic mass is 16.5. The molecule has 0 saturated carbocycles. The van der Waals surface area contributed by atoms with Crippen LogP contribution >= 0.6 is 0 Å². The molecular formula is C21H20O5. The van der Waals surface area contributed by atoms with E-state index in [9.17, 15) is 15.0 Å². The first-order valence-corrected chi connectivity index (χ1v) is 8.56. The molecule has 5 nitrogen and oxygen atoms in total. The first-order valence-electron chi connectivity index (χ1n) is 8.56. The number of ether oxygens (including phenoxy) is 2. The third kappa shape index (κ3) is 2.69. The van der Waals surface area contributed by atoms with E-state index in [0.717, 1.165) is 22.6 Å². The second-order valence-electron chi connectivity index (χ2n) is 7.30. The molecule has 0 bridgehead atoms. The van der Waals surface area contributed by atoms with Crippen molar-refractivity contribution in [2.75, 3.05) is 6.61 Å². The molecule has 1 atom stereocenters. The van der Waals surface area contributed by atoms with Crippen LogP contribution in [0.5, 0.6) is 23.0 Å². The molecule has 134 valence electrons. The number of phenolic OH excluding ortho intramolecular Hbond substituents is 2. The van der Waals surface area contributed by atoms with Crippen molar-refractivity contribution in [1.82, 2.24) is 0 Å². The maximum Gasteiger partial charge on any atom is 0.153 e. The van der Waals surface area contributed by atoms with Crippen molar-refractivity contribution in [2.24, 2.45) is 0 Å². The van der Waals surface area contributed by atoms with Crippen molar-refractivity contribution in [3.63, 3.8) is 0 Å². The fourth-order valence-corrected chi connectivity index (χ4v) is 3.55. The molecule has 2 aromatic carbocycles. The summed E-state index contributed by atoms with van der Waals surface area (Å²) in [5.41, 5.74) is 2.37. The molecule has 0 aromatic heterocycles. The largest absolute Gasteiger partial charge is 0.508 e. The first kappa shape index (κ1) is 16.5. The Labute approximate surface area is 151 Å². The van der Waals surface area contributed by atoms with Crippen LogP contribution in [0, 0.1) is 0 Å². The van der Waals surface area contributed by atoms with Gasteiger partial charge in [-0.2, -0.15) is 0 Å². The second kappa shape index (κ2) is 5.80. The average Bonchev–Trinajstić information content (AvgIpc) is 2.60. The normalized spacial score (nSPS) is 19.7. The fourth-order valence-electron chi connectivity index (χ4n) is 3.55. The van der Waals surface area contributed by atoms with Crippen LogP contribution in [0.15, 0.2) is 30.3 Å². The van der Waals surface area contributed by atoms with E-state index in [0.29, 0.717) is 24.9 Å². The third-order valence-corrected chi connectivity index (χ3v) is 4.90. The number of rotatable bonds is 2. The minimum Gasteiger partial charge on any atom is -0.508 e. The van der Waals surface area contributed by atoms with Crippen LogP contribution in [0.25, 0.3) is 6.08 Å². The number of carbonyl (C=O) groups excluding carboxylic acids is 1. The van der Waals surface area contributed by atoms with E-state index >= 15 is 0 Å². The Bertz CT molecular complexity index is 926. The number of fused-ring (bicyclic) bond motifs is 3. The van der Waals surface area contributed by atoms with E-state index in [2.05, 4.69) is 0 Å². The lowest BCUT2D eigenvalue weighted by atomic mass is 9.87. The average molecular weight is 352 g/mol. The molecule has 4 rings (SSSR count). The Hall–Kier alpha value is -2.95. The topological polar surface area (TPSA) is 76.0 Å². The number of aromatic hydroxyl groups is 2. The summed E-state index contributed by atoms with van der Waals surface area (Å²) in [5.74, 6) is 1.24. The number of hydrogen-bond donors (Lipinski definition) is 2. The van der Waals surface area contributed by atoms with Crippen LogP contribution in [0.1, 0.15) is 46.8 Å². The smallest absolute Gasteiger partial charge is 0.153 e. The Balaban J connectivity index is 1.69. The van der Waals surface area contributed by atoms with Crippen molar-refractivity contribution in [2.45, 2.75) is 31.8 Å². The minimum absolute atomic E-state index is 0.0342. The Kier molecular flexibility index (Phi) is 3.68. The Morgan fingerprint density at radius 2 is 2.00 bits per heavy atom. The summed E-state index contributed by atoms with van der Waals surface area (Å²) in [6, 6.07) is 6.66. The Morgan fingerprint density at radius 3 is 2.77 bits per heavy atom. The molecule has 0 fully saturated rings. The van der Waals surface area contributed by atoms with Crippen LogP contribution in [-0.2, 0) is 6.42 Å². The van der Waals surface area contributed by atoms with E-state index in [1.54, 1.807) is 0 Å². The van der Waals surface area contributed by atoms with Crippen molar-refractivity contribution in [3.8, 4) is 23.0 Å². The van der Waals surface area contributed by atoms with Gasteiger partial charge >= 0.3 is 0 Å². The number of benzene rings is 2. The highest BCUT2D eigenvalue weighted by Crippen LogP contribution is 2.44. The molecule has 0 radical (unpaired) electrons. The lowest BCUT2D eigenvalue weighted by molar-refractivity contribution is 0.112. The van der Waals surface area contributed by atoms with E-state index in [1.807, 2.05) is 38.1 Å². The third-order valence-electron chi connectivity index (χ3n) is 4.90. The van der Waals surface area contributed by atoms with Crippen molar-refractivity contribution in [3.05, 3.63) is 52.6 Å². The zero-order valence-electron chi connectivity index (χ0n) is 14.7. The molecule has 0 unspecified atom stereocenters. The standard InChI is InChI=1S/C21H20O5/c1-21(2)6-5-15-19(26-21)4-3-12-7-14(11-25-20(12)15)16-8-13(10-22)17(23)9-18(16)24/h3-6,8-10,14,23-24H,7,11H2,1-2H3/t14-/m0/s1. The molecule has 0 amide bonds. The molecule has 2 aromatic rings. The minimum atomic E-state index is -0.346. The summed E-state index contributed by atoms with van der Waals surface area (Å²) in [4.78, 5) is 11.1. The lowest BCUT2D eigenvalue weighted by Gasteiger charge is -2.32. The van der Waals surface area contributed by atoms with E-state index in [1.165, 1.54) is 12.1 Å². The van der Waals surface area contributed by atoms with Crippen LogP contribution < -0.4 is 9.47 Å². The van der Waals surface area contributed by atoms with Crippen molar-refractivity contribution < 1.29 is 24.5 Å². The van der Waals surface area contributed by atoms with Gasteiger partial charge in [-0.3, -0.25) is 4.79 Å². The quantitative estimate of drug-likeness (QED) is 0.804. The van der Waals surface area contributed by atoms with Gasteiger partial charge in [0.05, 0.1) is 17.7 Å². The molecule has 2 aliphatic rings. The van der Waals surface area contributed by atoms with E-state index in [4.69, 9.17) is 9.47 Å². The summed E-state index contributed by atoms with van der Waals surface area (Å²) >= 11 is 0. The van der Waals surface area contributed by atoms with Gasteiger partial charge in [-0.15, -0.1) is 0 Å². The SMILES string of the molecule is CC1(C)C=Cc2c(ccc3c2OC[C@@H](c2cc(C=O)c(O)cc2O)C3)O1. The monoisotopic (exact) mass is 352 g/mol. The van der Waals surface area contributed by atoms with Gasteiger partial charge in [0.25, 0.3) is 0 Å². The number of phenols is 2. The molecule has 2 aliphatic heterocycles. The summed E-state index contributed by atoms with van der Waals surface area (Å²) < 4.78 is 12.0. The van der Waals surface area contributed by atoms with Crippen molar-refractivity contribution >= 4 is 12.4 Å². The van der Waals surface area contributed by atoms with E-state index in [-0.39, 0.29) is 28.6 Å². The van der Waals surface area contributed by atoms with Crippen LogP contribution in [0.3, 0.4) is 0 Å². The van der Waals surface area contributed by atoms with Gasteiger partial charge in [0, 0.05) is 17.5 Å². The highest BCUT2D eigenvalue weighted by molar-refractivity contribution is 5.80. The molecule has 2 heterocycles. The van der Waals surface area contributed by atoms with Crippen LogP contribution in [0.2, 0.25) is 0 Å². The Morgan fingerprint density at radius 1 is 1.19 bits per heavy atom.